The van der Waals surface area contributed by atoms with E-state index in [1.807, 2.05) is 98.9 Å². The molecular formula is C39H50N7O4+. The van der Waals surface area contributed by atoms with Crippen LogP contribution in [0.4, 0.5) is 16.3 Å². The Hall–Kier alpha value is -5.08. The number of quaternary nitrogens is 1. The summed E-state index contributed by atoms with van der Waals surface area (Å²) in [6, 6.07) is 13.5. The largest absolute Gasteiger partial charge is 0.481 e. The van der Waals surface area contributed by atoms with Crippen molar-refractivity contribution in [2.75, 3.05) is 59.2 Å². The first kappa shape index (κ1) is 36.2. The number of carbonyl (C=O) groups is 2. The van der Waals surface area contributed by atoms with Crippen LogP contribution in [0.1, 0.15) is 56.0 Å². The molecule has 0 bridgehead atoms. The van der Waals surface area contributed by atoms with Crippen LogP contribution in [0, 0.1) is 24.7 Å². The number of carbonyl (C=O) groups excluding carboxylic acids is 2. The number of piperidine rings is 1. The Labute approximate surface area is 295 Å². The van der Waals surface area contributed by atoms with E-state index in [-0.39, 0.29) is 19.1 Å². The topological polar surface area (TPSA) is 110 Å². The molecule has 2 amide bonds. The summed E-state index contributed by atoms with van der Waals surface area (Å²) in [5, 5.41) is 6.00. The monoisotopic (exact) mass is 680 g/mol. The van der Waals surface area contributed by atoms with Crippen LogP contribution in [0.25, 0.3) is 16.9 Å². The van der Waals surface area contributed by atoms with Crippen molar-refractivity contribution in [2.24, 2.45) is 5.92 Å². The van der Waals surface area contributed by atoms with E-state index in [1.54, 1.807) is 6.20 Å². The van der Waals surface area contributed by atoms with Crippen molar-refractivity contribution in [1.29, 1.82) is 0 Å². The second-order valence-corrected chi connectivity index (χ2v) is 14.6. The number of rotatable bonds is 10. The van der Waals surface area contributed by atoms with Gasteiger partial charge in [-0.1, -0.05) is 11.8 Å². The Morgan fingerprint density at radius 2 is 1.80 bits per heavy atom. The van der Waals surface area contributed by atoms with Crippen LogP contribution in [0.5, 0.6) is 5.75 Å². The van der Waals surface area contributed by atoms with Gasteiger partial charge >= 0.3 is 6.09 Å². The van der Waals surface area contributed by atoms with Gasteiger partial charge in [-0.2, -0.15) is 0 Å². The Morgan fingerprint density at radius 3 is 2.50 bits per heavy atom. The van der Waals surface area contributed by atoms with Crippen LogP contribution < -0.4 is 15.4 Å². The van der Waals surface area contributed by atoms with Crippen molar-refractivity contribution in [2.45, 2.75) is 52.6 Å². The fourth-order valence-corrected chi connectivity index (χ4v) is 6.02. The molecule has 5 rings (SSSR count). The Kier molecular flexibility index (Phi) is 11.3. The molecule has 2 aromatic carbocycles. The number of hydrogen-bond acceptors (Lipinski definition) is 7. The third-order valence-corrected chi connectivity index (χ3v) is 8.96. The van der Waals surface area contributed by atoms with Gasteiger partial charge in [-0.25, -0.2) is 14.8 Å². The number of benzene rings is 2. The average molecular weight is 681 g/mol. The SMILES string of the molecule is Cc1cc(Nc2nccn3c(-c4ccc(OCC#CCNC(=O)OC(C)(C)C)cc4)cnc23)ccc1C(=O)N(C)CCC1CC[N+](C)(C)CC1. The van der Waals surface area contributed by atoms with Gasteiger partial charge in [0.25, 0.3) is 5.91 Å². The molecule has 2 N–H and O–H groups in total. The highest BCUT2D eigenvalue weighted by Gasteiger charge is 2.26. The second-order valence-electron chi connectivity index (χ2n) is 14.6. The number of likely N-dealkylation sites (tertiary alicyclic amines) is 1. The Morgan fingerprint density at radius 1 is 1.06 bits per heavy atom. The number of aromatic nitrogens is 3. The lowest BCUT2D eigenvalue weighted by molar-refractivity contribution is -0.896. The lowest BCUT2D eigenvalue weighted by Crippen LogP contribution is -2.46. The van der Waals surface area contributed by atoms with Gasteiger partial charge in [0.2, 0.25) is 0 Å². The molecule has 0 radical (unpaired) electrons. The molecule has 1 fully saturated rings. The maximum atomic E-state index is 13.3. The minimum absolute atomic E-state index is 0.0519. The van der Waals surface area contributed by atoms with Crippen LogP contribution in [-0.4, -0.2) is 95.3 Å². The van der Waals surface area contributed by atoms with E-state index in [4.69, 9.17) is 9.47 Å². The minimum atomic E-state index is -0.551. The summed E-state index contributed by atoms with van der Waals surface area (Å²) in [4.78, 5) is 36.1. The molecule has 11 heteroatoms. The quantitative estimate of drug-likeness (QED) is 0.149. The molecule has 2 aromatic heterocycles. The highest BCUT2D eigenvalue weighted by molar-refractivity contribution is 5.96. The van der Waals surface area contributed by atoms with Crippen LogP contribution in [-0.2, 0) is 4.74 Å². The first-order valence-corrected chi connectivity index (χ1v) is 17.2. The minimum Gasteiger partial charge on any atom is -0.481 e. The van der Waals surface area contributed by atoms with Gasteiger partial charge in [0.15, 0.2) is 11.5 Å². The molecule has 0 atom stereocenters. The van der Waals surface area contributed by atoms with Gasteiger partial charge in [-0.3, -0.25) is 9.20 Å². The highest BCUT2D eigenvalue weighted by atomic mass is 16.6. The number of ether oxygens (including phenoxy) is 2. The van der Waals surface area contributed by atoms with E-state index >= 15 is 0 Å². The molecule has 4 aromatic rings. The van der Waals surface area contributed by atoms with Crippen molar-refractivity contribution in [3.63, 3.8) is 0 Å². The van der Waals surface area contributed by atoms with Gasteiger partial charge in [0.05, 0.1) is 45.6 Å². The number of alkyl carbamates (subject to hydrolysis) is 1. The first-order valence-electron chi connectivity index (χ1n) is 17.2. The van der Waals surface area contributed by atoms with Gasteiger partial charge in [0.1, 0.15) is 18.0 Å². The summed E-state index contributed by atoms with van der Waals surface area (Å²) in [6.07, 6.45) is 8.44. The molecule has 11 nitrogen and oxygen atoms in total. The molecule has 1 saturated heterocycles. The summed E-state index contributed by atoms with van der Waals surface area (Å²) < 4.78 is 14.0. The van der Waals surface area contributed by atoms with Crippen molar-refractivity contribution in [1.82, 2.24) is 24.6 Å². The Balaban J connectivity index is 1.16. The van der Waals surface area contributed by atoms with Crippen molar-refractivity contribution in [3.05, 3.63) is 72.2 Å². The van der Waals surface area contributed by atoms with Crippen LogP contribution in [0.15, 0.2) is 61.1 Å². The molecule has 0 unspecified atom stereocenters. The predicted octanol–water partition coefficient (Wildman–Crippen LogP) is 6.30. The molecular weight excluding hydrogens is 630 g/mol. The van der Waals surface area contributed by atoms with E-state index in [9.17, 15) is 9.59 Å². The third-order valence-electron chi connectivity index (χ3n) is 8.96. The zero-order chi connectivity index (χ0) is 35.9. The van der Waals surface area contributed by atoms with E-state index in [0.29, 0.717) is 28.7 Å². The number of fused-ring (bicyclic) bond motifs is 1. The van der Waals surface area contributed by atoms with Crippen molar-refractivity contribution in [3.8, 4) is 28.8 Å². The molecule has 3 heterocycles. The summed E-state index contributed by atoms with van der Waals surface area (Å²) in [7, 11) is 6.50. The van der Waals surface area contributed by atoms with E-state index in [0.717, 1.165) is 40.0 Å². The molecule has 0 spiro atoms. The number of hydrogen-bond donors (Lipinski definition) is 2. The third kappa shape index (κ3) is 9.76. The van der Waals surface area contributed by atoms with Crippen LogP contribution >= 0.6 is 0 Å². The first-order chi connectivity index (χ1) is 23.8. The zero-order valence-corrected chi connectivity index (χ0v) is 30.4. The van der Waals surface area contributed by atoms with Crippen LogP contribution in [0.2, 0.25) is 0 Å². The summed E-state index contributed by atoms with van der Waals surface area (Å²) in [5.41, 5.74) is 4.45. The average Bonchev–Trinajstić information content (AvgIpc) is 3.50. The standard InChI is InChI=1S/C39H49N7O4/c1-28-26-31(12-15-33(28)37(47)44(5)21-16-29-17-23-46(6,7)24-18-29)43-35-36-42-27-34(45(36)22-20-40-35)30-10-13-32(14-11-30)49-25-9-8-19-41-38(48)50-39(2,3)4/h10-15,20,22,26-27,29H,16-19,21,23-25H2,1-7H3,(H-,40,41,43,47,48)/p+1. The number of imidazole rings is 1. The van der Waals surface area contributed by atoms with E-state index in [2.05, 4.69) is 46.5 Å². The van der Waals surface area contributed by atoms with Gasteiger partial charge in [-0.15, -0.1) is 0 Å². The number of nitrogens with zero attached hydrogens (tertiary/aromatic N) is 5. The van der Waals surface area contributed by atoms with Gasteiger partial charge < -0.3 is 29.5 Å². The van der Waals surface area contributed by atoms with Gasteiger partial charge in [-0.05, 0) is 101 Å². The number of nitrogens with one attached hydrogen (secondary N) is 2. The molecule has 0 saturated carbocycles. The van der Waals surface area contributed by atoms with E-state index in [1.165, 1.54) is 25.9 Å². The van der Waals surface area contributed by atoms with Crippen LogP contribution in [0.3, 0.4) is 0 Å². The molecule has 1 aliphatic heterocycles. The molecule has 0 aliphatic carbocycles. The fraction of sp³-hybridized carbons (Fsp3) is 0.436. The molecule has 50 heavy (non-hydrogen) atoms. The summed E-state index contributed by atoms with van der Waals surface area (Å²) in [6.45, 7) is 11.0. The highest BCUT2D eigenvalue weighted by Crippen LogP contribution is 2.28. The number of anilines is 2. The second kappa shape index (κ2) is 15.6. The van der Waals surface area contributed by atoms with Crippen molar-refractivity contribution < 1.29 is 23.5 Å². The summed E-state index contributed by atoms with van der Waals surface area (Å²) in [5.74, 6) is 7.78. The van der Waals surface area contributed by atoms with Crippen molar-refractivity contribution >= 4 is 29.2 Å². The predicted molar refractivity (Wildman–Crippen MR) is 197 cm³/mol. The smallest absolute Gasteiger partial charge is 0.408 e. The summed E-state index contributed by atoms with van der Waals surface area (Å²) >= 11 is 0. The fourth-order valence-electron chi connectivity index (χ4n) is 6.02. The van der Waals surface area contributed by atoms with Gasteiger partial charge in [0, 0.05) is 42.8 Å². The maximum absolute atomic E-state index is 13.3. The Bertz CT molecular complexity index is 1860. The lowest BCUT2D eigenvalue weighted by Gasteiger charge is -2.37. The maximum Gasteiger partial charge on any atom is 0.408 e. The normalized spacial score (nSPS) is 14.4. The number of aryl methyl sites for hydroxylation is 1. The lowest BCUT2D eigenvalue weighted by atomic mass is 9.92. The molecule has 1 aliphatic rings. The zero-order valence-electron chi connectivity index (χ0n) is 30.4. The van der Waals surface area contributed by atoms with E-state index < -0.39 is 11.7 Å². The molecule has 264 valence electrons. The number of amides is 2.